The third-order valence-corrected chi connectivity index (χ3v) is 4.59. The van der Waals surface area contributed by atoms with Gasteiger partial charge >= 0.3 is 5.97 Å². The number of carbonyl (C=O) groups is 3. The Balaban J connectivity index is 1.87. The number of hydrogen-bond donors (Lipinski definition) is 2. The number of nitrogens with zero attached hydrogens (tertiary/aromatic N) is 1. The molecule has 1 heterocycles. The van der Waals surface area contributed by atoms with Gasteiger partial charge < -0.3 is 19.9 Å². The van der Waals surface area contributed by atoms with Crippen LogP contribution in [0.2, 0.25) is 0 Å². The standard InChI is InChI=1S/C20H20N2O6/c1-11-4-5-12(20(25)26)8-14(11)21-15-10-18(23)22(19(15)24)13-6-7-16(27-2)17(9-13)28-3/h4-9,15,21H,10H2,1-3H3,(H,25,26). The zero-order valence-corrected chi connectivity index (χ0v) is 15.7. The van der Waals surface area contributed by atoms with E-state index in [1.807, 2.05) is 0 Å². The largest absolute Gasteiger partial charge is 0.493 e. The van der Waals surface area contributed by atoms with E-state index in [4.69, 9.17) is 14.6 Å². The summed E-state index contributed by atoms with van der Waals surface area (Å²) in [5.74, 6) is -0.953. The van der Waals surface area contributed by atoms with Crippen molar-refractivity contribution in [2.75, 3.05) is 24.4 Å². The molecular formula is C20H20N2O6. The zero-order chi connectivity index (χ0) is 20.4. The Morgan fingerprint density at radius 1 is 1.11 bits per heavy atom. The highest BCUT2D eigenvalue weighted by molar-refractivity contribution is 6.23. The number of aromatic carboxylic acids is 1. The molecule has 0 saturated carbocycles. The number of anilines is 2. The highest BCUT2D eigenvalue weighted by Gasteiger charge is 2.40. The van der Waals surface area contributed by atoms with Crippen LogP contribution in [-0.4, -0.2) is 43.2 Å². The summed E-state index contributed by atoms with van der Waals surface area (Å²) in [7, 11) is 2.97. The smallest absolute Gasteiger partial charge is 0.335 e. The van der Waals surface area contributed by atoms with Crippen molar-refractivity contribution in [1.82, 2.24) is 0 Å². The first-order chi connectivity index (χ1) is 13.3. The highest BCUT2D eigenvalue weighted by Crippen LogP contribution is 2.34. The van der Waals surface area contributed by atoms with Crippen LogP contribution in [0.3, 0.4) is 0 Å². The Morgan fingerprint density at radius 3 is 2.46 bits per heavy atom. The zero-order valence-electron chi connectivity index (χ0n) is 15.7. The van der Waals surface area contributed by atoms with Gasteiger partial charge in [0, 0.05) is 11.8 Å². The number of carbonyl (C=O) groups excluding carboxylic acids is 2. The van der Waals surface area contributed by atoms with E-state index in [9.17, 15) is 14.4 Å². The summed E-state index contributed by atoms with van der Waals surface area (Å²) in [4.78, 5) is 37.6. The molecule has 0 radical (unpaired) electrons. The average molecular weight is 384 g/mol. The summed E-state index contributed by atoms with van der Waals surface area (Å²) in [5, 5.41) is 12.2. The summed E-state index contributed by atoms with van der Waals surface area (Å²) in [6, 6.07) is 8.59. The van der Waals surface area contributed by atoms with Gasteiger partial charge in [0.1, 0.15) is 6.04 Å². The van der Waals surface area contributed by atoms with Gasteiger partial charge in [-0.25, -0.2) is 9.69 Å². The van der Waals surface area contributed by atoms with E-state index >= 15 is 0 Å². The number of imide groups is 1. The van der Waals surface area contributed by atoms with E-state index in [0.29, 0.717) is 22.9 Å². The molecule has 1 atom stereocenters. The van der Waals surface area contributed by atoms with E-state index in [-0.39, 0.29) is 17.9 Å². The molecule has 2 N–H and O–H groups in total. The molecule has 8 nitrogen and oxygen atoms in total. The fourth-order valence-electron chi connectivity index (χ4n) is 3.08. The van der Waals surface area contributed by atoms with Gasteiger partial charge in [-0.3, -0.25) is 9.59 Å². The fourth-order valence-corrected chi connectivity index (χ4v) is 3.08. The Bertz CT molecular complexity index is 956. The fraction of sp³-hybridized carbons (Fsp3) is 0.250. The molecule has 1 aliphatic heterocycles. The van der Waals surface area contributed by atoms with Gasteiger partial charge in [0.05, 0.1) is 31.9 Å². The number of carboxylic acid groups (broad SMARTS) is 1. The number of benzene rings is 2. The van der Waals surface area contributed by atoms with E-state index < -0.39 is 17.9 Å². The molecule has 2 amide bonds. The lowest BCUT2D eigenvalue weighted by molar-refractivity contribution is -0.121. The first-order valence-corrected chi connectivity index (χ1v) is 8.55. The molecular weight excluding hydrogens is 364 g/mol. The Morgan fingerprint density at radius 2 is 1.82 bits per heavy atom. The number of rotatable bonds is 6. The number of hydrogen-bond acceptors (Lipinski definition) is 6. The Kier molecular flexibility index (Phi) is 5.21. The van der Waals surface area contributed by atoms with Crippen molar-refractivity contribution in [1.29, 1.82) is 0 Å². The summed E-state index contributed by atoms with van der Waals surface area (Å²) < 4.78 is 10.4. The van der Waals surface area contributed by atoms with Crippen LogP contribution in [0, 0.1) is 6.92 Å². The number of aryl methyl sites for hydroxylation is 1. The maximum Gasteiger partial charge on any atom is 0.335 e. The third kappa shape index (κ3) is 3.48. The molecule has 1 saturated heterocycles. The van der Waals surface area contributed by atoms with Crippen molar-refractivity contribution >= 4 is 29.2 Å². The van der Waals surface area contributed by atoms with Crippen molar-refractivity contribution in [2.24, 2.45) is 0 Å². The maximum atomic E-state index is 12.9. The summed E-state index contributed by atoms with van der Waals surface area (Å²) in [5.41, 5.74) is 1.75. The van der Waals surface area contributed by atoms with Crippen LogP contribution in [-0.2, 0) is 9.59 Å². The van der Waals surface area contributed by atoms with Crippen LogP contribution in [0.1, 0.15) is 22.3 Å². The molecule has 146 valence electrons. The first kappa shape index (κ1) is 19.2. The second-order valence-corrected chi connectivity index (χ2v) is 6.34. The van der Waals surface area contributed by atoms with Crippen LogP contribution in [0.4, 0.5) is 11.4 Å². The number of amides is 2. The van der Waals surface area contributed by atoms with Gasteiger partial charge in [-0.2, -0.15) is 0 Å². The van der Waals surface area contributed by atoms with Crippen LogP contribution in [0.25, 0.3) is 0 Å². The average Bonchev–Trinajstić information content (AvgIpc) is 2.96. The van der Waals surface area contributed by atoms with Crippen LogP contribution in [0.5, 0.6) is 11.5 Å². The minimum absolute atomic E-state index is 0.0378. The van der Waals surface area contributed by atoms with Crippen LogP contribution >= 0.6 is 0 Å². The molecule has 0 spiro atoms. The molecule has 0 aromatic heterocycles. The van der Waals surface area contributed by atoms with Crippen molar-refractivity contribution in [2.45, 2.75) is 19.4 Å². The molecule has 1 aliphatic rings. The van der Waals surface area contributed by atoms with Gasteiger partial charge in [-0.15, -0.1) is 0 Å². The van der Waals surface area contributed by atoms with E-state index in [2.05, 4.69) is 5.32 Å². The van der Waals surface area contributed by atoms with Crippen LogP contribution in [0.15, 0.2) is 36.4 Å². The number of ether oxygens (including phenoxy) is 2. The lowest BCUT2D eigenvalue weighted by Gasteiger charge is -2.18. The summed E-state index contributed by atoms with van der Waals surface area (Å²) >= 11 is 0. The summed E-state index contributed by atoms with van der Waals surface area (Å²) in [6.45, 7) is 1.79. The topological polar surface area (TPSA) is 105 Å². The molecule has 2 aromatic carbocycles. The van der Waals surface area contributed by atoms with E-state index in [0.717, 1.165) is 10.5 Å². The van der Waals surface area contributed by atoms with Gasteiger partial charge in [0.25, 0.3) is 5.91 Å². The minimum atomic E-state index is -1.07. The second kappa shape index (κ2) is 7.59. The van der Waals surface area contributed by atoms with Crippen molar-refractivity contribution in [3.05, 3.63) is 47.5 Å². The quantitative estimate of drug-likeness (QED) is 0.737. The molecule has 3 rings (SSSR count). The van der Waals surface area contributed by atoms with Gasteiger partial charge in [0.15, 0.2) is 11.5 Å². The van der Waals surface area contributed by atoms with E-state index in [1.54, 1.807) is 31.2 Å². The number of carboxylic acids is 1. The molecule has 2 aromatic rings. The first-order valence-electron chi connectivity index (χ1n) is 8.55. The predicted octanol–water partition coefficient (Wildman–Crippen LogP) is 2.45. The summed E-state index contributed by atoms with van der Waals surface area (Å²) in [6.07, 6.45) is -0.0378. The van der Waals surface area contributed by atoms with Crippen LogP contribution < -0.4 is 19.7 Å². The van der Waals surface area contributed by atoms with Gasteiger partial charge in [-0.05, 0) is 36.8 Å². The normalized spacial score (nSPS) is 16.2. The maximum absolute atomic E-state index is 12.9. The molecule has 1 fully saturated rings. The number of nitrogens with one attached hydrogen (secondary N) is 1. The molecule has 1 unspecified atom stereocenters. The predicted molar refractivity (Wildman–Crippen MR) is 102 cm³/mol. The Labute approximate surface area is 161 Å². The molecule has 28 heavy (non-hydrogen) atoms. The van der Waals surface area contributed by atoms with E-state index in [1.165, 1.54) is 26.4 Å². The van der Waals surface area contributed by atoms with Crippen molar-refractivity contribution in [3.63, 3.8) is 0 Å². The molecule has 8 heteroatoms. The third-order valence-electron chi connectivity index (χ3n) is 4.59. The Hall–Kier alpha value is -3.55. The SMILES string of the molecule is COc1ccc(N2C(=O)CC(Nc3cc(C(=O)O)ccc3C)C2=O)cc1OC. The van der Waals surface area contributed by atoms with Gasteiger partial charge in [0.2, 0.25) is 5.91 Å². The van der Waals surface area contributed by atoms with Crippen molar-refractivity contribution < 1.29 is 29.0 Å². The minimum Gasteiger partial charge on any atom is -0.493 e. The molecule has 0 bridgehead atoms. The lowest BCUT2D eigenvalue weighted by Crippen LogP contribution is -2.35. The van der Waals surface area contributed by atoms with Crippen molar-refractivity contribution in [3.8, 4) is 11.5 Å². The second-order valence-electron chi connectivity index (χ2n) is 6.34. The van der Waals surface area contributed by atoms with Gasteiger partial charge in [-0.1, -0.05) is 6.07 Å². The number of methoxy groups -OCH3 is 2. The highest BCUT2D eigenvalue weighted by atomic mass is 16.5. The monoisotopic (exact) mass is 384 g/mol. The molecule has 0 aliphatic carbocycles. The lowest BCUT2D eigenvalue weighted by atomic mass is 10.1.